The molecule has 3 rings (SSSR count). The molecule has 0 saturated carbocycles. The quantitative estimate of drug-likeness (QED) is 0.495. The van der Waals surface area contributed by atoms with E-state index in [2.05, 4.69) is 10.3 Å². The zero-order valence-corrected chi connectivity index (χ0v) is 16.2. The molecular formula is C20H14F6N2OS. The van der Waals surface area contributed by atoms with Crippen molar-refractivity contribution in [2.75, 3.05) is 0 Å². The fourth-order valence-corrected chi connectivity index (χ4v) is 3.65. The lowest BCUT2D eigenvalue weighted by atomic mass is 10.0. The number of carbonyl (C=O) groups is 1. The van der Waals surface area contributed by atoms with Gasteiger partial charge in [0, 0.05) is 16.0 Å². The van der Waals surface area contributed by atoms with Crippen molar-refractivity contribution in [1.82, 2.24) is 10.3 Å². The molecule has 0 aliphatic carbocycles. The number of nitrogens with zero attached hydrogens (tertiary/aromatic N) is 1. The Balaban J connectivity index is 1.82. The first kappa shape index (κ1) is 21.8. The van der Waals surface area contributed by atoms with Crippen LogP contribution in [-0.4, -0.2) is 10.9 Å². The fourth-order valence-electron chi connectivity index (χ4n) is 2.64. The molecule has 0 fully saturated rings. The number of hydrogen-bond donors (Lipinski definition) is 1. The molecule has 2 aromatic carbocycles. The predicted molar refractivity (Wildman–Crippen MR) is 99.9 cm³/mol. The van der Waals surface area contributed by atoms with E-state index in [-0.39, 0.29) is 12.6 Å². The molecule has 0 bridgehead atoms. The number of rotatable bonds is 4. The molecule has 3 nitrogen and oxygen atoms in total. The molecule has 3 aromatic rings. The number of aromatic nitrogens is 1. The van der Waals surface area contributed by atoms with Crippen molar-refractivity contribution < 1.29 is 31.1 Å². The summed E-state index contributed by atoms with van der Waals surface area (Å²) >= 11 is 1.28. The number of carbonyl (C=O) groups excluding carboxylic acids is 1. The summed E-state index contributed by atoms with van der Waals surface area (Å²) in [7, 11) is 0. The highest BCUT2D eigenvalue weighted by molar-refractivity contribution is 7.15. The van der Waals surface area contributed by atoms with Gasteiger partial charge in [0.2, 0.25) is 0 Å². The standard InChI is InChI=1S/C20H14F6N2OS/c1-11-16(30-18(28-11)12-5-3-2-4-6-12)10-27-17(29)13-7-14(19(21,22)23)9-15(8-13)20(24,25)26/h2-9H,10H2,1H3,(H,27,29). The van der Waals surface area contributed by atoms with Crippen molar-refractivity contribution in [3.63, 3.8) is 0 Å². The summed E-state index contributed by atoms with van der Waals surface area (Å²) in [6.45, 7) is 1.63. The van der Waals surface area contributed by atoms with E-state index < -0.39 is 35.0 Å². The van der Waals surface area contributed by atoms with Crippen LogP contribution in [0, 0.1) is 6.92 Å². The van der Waals surface area contributed by atoms with Gasteiger partial charge in [-0.3, -0.25) is 4.79 Å². The molecule has 1 N–H and O–H groups in total. The summed E-state index contributed by atoms with van der Waals surface area (Å²) < 4.78 is 77.8. The Bertz CT molecular complexity index is 1030. The van der Waals surface area contributed by atoms with Crippen LogP contribution in [0.1, 0.15) is 32.1 Å². The van der Waals surface area contributed by atoms with E-state index in [9.17, 15) is 31.1 Å². The van der Waals surface area contributed by atoms with Crippen molar-refractivity contribution in [3.05, 3.63) is 75.8 Å². The van der Waals surface area contributed by atoms with Crippen molar-refractivity contribution in [2.45, 2.75) is 25.8 Å². The lowest BCUT2D eigenvalue weighted by molar-refractivity contribution is -0.143. The van der Waals surface area contributed by atoms with Crippen LogP contribution in [0.4, 0.5) is 26.3 Å². The van der Waals surface area contributed by atoms with Gasteiger partial charge in [-0.25, -0.2) is 4.98 Å². The van der Waals surface area contributed by atoms with E-state index >= 15 is 0 Å². The molecule has 0 atom stereocenters. The Labute approximate surface area is 171 Å². The van der Waals surface area contributed by atoms with E-state index in [1.807, 2.05) is 30.3 Å². The van der Waals surface area contributed by atoms with E-state index in [1.54, 1.807) is 6.92 Å². The number of alkyl halides is 6. The third-order valence-corrected chi connectivity index (χ3v) is 5.38. The number of benzene rings is 2. The first-order valence-electron chi connectivity index (χ1n) is 8.54. The second kappa shape index (κ2) is 8.10. The lowest BCUT2D eigenvalue weighted by Crippen LogP contribution is -2.24. The normalized spacial score (nSPS) is 12.1. The minimum absolute atomic E-state index is 0.0176. The molecule has 158 valence electrons. The van der Waals surface area contributed by atoms with Gasteiger partial charge >= 0.3 is 12.4 Å². The number of aryl methyl sites for hydroxylation is 1. The van der Waals surface area contributed by atoms with Crippen LogP contribution in [0.5, 0.6) is 0 Å². The van der Waals surface area contributed by atoms with Crippen LogP contribution in [0.25, 0.3) is 10.6 Å². The second-order valence-corrected chi connectivity index (χ2v) is 7.45. The topological polar surface area (TPSA) is 42.0 Å². The smallest absolute Gasteiger partial charge is 0.347 e. The Morgan fingerprint density at radius 3 is 2.07 bits per heavy atom. The van der Waals surface area contributed by atoms with Crippen LogP contribution < -0.4 is 5.32 Å². The van der Waals surface area contributed by atoms with Gasteiger partial charge in [-0.2, -0.15) is 26.3 Å². The van der Waals surface area contributed by atoms with Gasteiger partial charge in [0.1, 0.15) is 5.01 Å². The molecule has 1 heterocycles. The maximum atomic E-state index is 13.0. The Morgan fingerprint density at radius 2 is 1.53 bits per heavy atom. The van der Waals surface area contributed by atoms with E-state index in [0.717, 1.165) is 5.56 Å². The van der Waals surface area contributed by atoms with Gasteiger partial charge < -0.3 is 5.32 Å². The van der Waals surface area contributed by atoms with Crippen LogP contribution in [0.3, 0.4) is 0 Å². The van der Waals surface area contributed by atoms with Gasteiger partial charge in [-0.05, 0) is 25.1 Å². The van der Waals surface area contributed by atoms with Crippen LogP contribution in [0.2, 0.25) is 0 Å². The number of thiazole rings is 1. The van der Waals surface area contributed by atoms with E-state index in [1.165, 1.54) is 11.3 Å². The molecule has 0 unspecified atom stereocenters. The zero-order chi connectivity index (χ0) is 22.1. The van der Waals surface area contributed by atoms with Crippen molar-refractivity contribution >= 4 is 17.2 Å². The average Bonchev–Trinajstić information content (AvgIpc) is 3.06. The largest absolute Gasteiger partial charge is 0.416 e. The third kappa shape index (κ3) is 4.99. The summed E-state index contributed by atoms with van der Waals surface area (Å²) in [6, 6.07) is 9.99. The molecule has 1 amide bonds. The van der Waals surface area contributed by atoms with Crippen molar-refractivity contribution in [3.8, 4) is 10.6 Å². The first-order chi connectivity index (χ1) is 13.9. The SMILES string of the molecule is Cc1nc(-c2ccccc2)sc1CNC(=O)c1cc(C(F)(F)F)cc(C(F)(F)F)c1. The van der Waals surface area contributed by atoms with Crippen molar-refractivity contribution in [2.24, 2.45) is 0 Å². The number of nitrogens with one attached hydrogen (secondary N) is 1. The summed E-state index contributed by atoms with van der Waals surface area (Å²) in [4.78, 5) is 17.3. The number of halogens is 6. The molecular weight excluding hydrogens is 430 g/mol. The van der Waals surface area contributed by atoms with Crippen LogP contribution >= 0.6 is 11.3 Å². The molecule has 0 aliphatic rings. The molecule has 0 saturated heterocycles. The molecule has 0 spiro atoms. The summed E-state index contributed by atoms with van der Waals surface area (Å²) in [5.74, 6) is -1.04. The Morgan fingerprint density at radius 1 is 0.967 bits per heavy atom. The third-order valence-electron chi connectivity index (χ3n) is 4.17. The maximum Gasteiger partial charge on any atom is 0.416 e. The average molecular weight is 444 g/mol. The maximum absolute atomic E-state index is 13.0. The highest BCUT2D eigenvalue weighted by atomic mass is 32.1. The molecule has 0 radical (unpaired) electrons. The Kier molecular flexibility index (Phi) is 5.89. The molecule has 10 heteroatoms. The van der Waals surface area contributed by atoms with Crippen LogP contribution in [0.15, 0.2) is 48.5 Å². The van der Waals surface area contributed by atoms with Gasteiger partial charge in [-0.1, -0.05) is 30.3 Å². The Hall–Kier alpha value is -2.88. The summed E-state index contributed by atoms with van der Waals surface area (Å²) in [5, 5.41) is 3.07. The first-order valence-corrected chi connectivity index (χ1v) is 9.36. The fraction of sp³-hybridized carbons (Fsp3) is 0.200. The zero-order valence-electron chi connectivity index (χ0n) is 15.4. The van der Waals surface area contributed by atoms with Crippen molar-refractivity contribution in [1.29, 1.82) is 0 Å². The highest BCUT2D eigenvalue weighted by Crippen LogP contribution is 2.36. The number of amides is 1. The molecule has 30 heavy (non-hydrogen) atoms. The van der Waals surface area contributed by atoms with Gasteiger partial charge in [0.25, 0.3) is 5.91 Å². The lowest BCUT2D eigenvalue weighted by Gasteiger charge is -2.14. The minimum Gasteiger partial charge on any atom is -0.347 e. The molecule has 1 aromatic heterocycles. The summed E-state index contributed by atoms with van der Waals surface area (Å²) in [5.41, 5.74) is -2.33. The monoisotopic (exact) mass is 444 g/mol. The van der Waals surface area contributed by atoms with E-state index in [4.69, 9.17) is 0 Å². The van der Waals surface area contributed by atoms with Gasteiger partial charge in [0.05, 0.1) is 23.4 Å². The second-order valence-electron chi connectivity index (χ2n) is 6.37. The van der Waals surface area contributed by atoms with Gasteiger partial charge in [-0.15, -0.1) is 11.3 Å². The molecule has 0 aliphatic heterocycles. The minimum atomic E-state index is -5.02. The number of hydrogen-bond acceptors (Lipinski definition) is 3. The van der Waals surface area contributed by atoms with E-state index in [0.29, 0.717) is 27.7 Å². The van der Waals surface area contributed by atoms with Crippen LogP contribution in [-0.2, 0) is 18.9 Å². The van der Waals surface area contributed by atoms with Gasteiger partial charge in [0.15, 0.2) is 0 Å². The summed E-state index contributed by atoms with van der Waals surface area (Å²) in [6.07, 6.45) is -10.0. The highest BCUT2D eigenvalue weighted by Gasteiger charge is 2.37. The predicted octanol–water partition coefficient (Wildman–Crippen LogP) is 6.09.